The van der Waals surface area contributed by atoms with Crippen LogP contribution in [0.4, 0.5) is 5.69 Å². The minimum Gasteiger partial charge on any atom is -0.387 e. The van der Waals surface area contributed by atoms with Gasteiger partial charge in [-0.2, -0.15) is 0 Å². The van der Waals surface area contributed by atoms with E-state index in [4.69, 9.17) is 16.4 Å². The molecule has 0 saturated heterocycles. The van der Waals surface area contributed by atoms with Gasteiger partial charge >= 0.3 is 0 Å². The number of rotatable bonds is 7. The molecule has 32 heavy (non-hydrogen) atoms. The molecule has 1 aromatic heterocycles. The molecule has 2 aromatic carbocycles. The maximum Gasteiger partial charge on any atom is 0.281 e. The molecule has 3 aromatic rings. The lowest BCUT2D eigenvalue weighted by molar-refractivity contribution is -0.112. The molecule has 2 heterocycles. The van der Waals surface area contributed by atoms with Crippen LogP contribution in [-0.2, 0) is 9.63 Å². The van der Waals surface area contributed by atoms with Crippen LogP contribution in [0.25, 0.3) is 5.69 Å². The van der Waals surface area contributed by atoms with Crippen molar-refractivity contribution in [3.8, 4) is 5.69 Å². The number of Topliss-reactive ketones (excluding diaryl/α,β-unsaturated/α-hetero) is 1. The molecule has 0 bridgehead atoms. The molecule has 0 saturated carbocycles. The SMILES string of the molecule is CCCN1C(=O)C(=NOCC(=O)c2cc(C)n(-c3ccc(Cl)cc3)c2C)c2ccccc21. The predicted octanol–water partition coefficient (Wildman–Crippen LogP) is 5.11. The Kier molecular flexibility index (Phi) is 6.15. The predicted molar refractivity (Wildman–Crippen MR) is 126 cm³/mol. The molecule has 1 aliphatic rings. The summed E-state index contributed by atoms with van der Waals surface area (Å²) in [6.07, 6.45) is 0.829. The van der Waals surface area contributed by atoms with E-state index in [1.165, 1.54) is 0 Å². The van der Waals surface area contributed by atoms with E-state index >= 15 is 0 Å². The number of anilines is 1. The van der Waals surface area contributed by atoms with Crippen LogP contribution in [-0.4, -0.2) is 35.1 Å². The summed E-state index contributed by atoms with van der Waals surface area (Å²) in [6, 6.07) is 16.8. The van der Waals surface area contributed by atoms with Crippen LogP contribution >= 0.6 is 11.6 Å². The maximum absolute atomic E-state index is 12.9. The third-order valence-electron chi connectivity index (χ3n) is 5.51. The minimum atomic E-state index is -0.252. The highest BCUT2D eigenvalue weighted by Crippen LogP contribution is 2.29. The molecule has 0 unspecified atom stereocenters. The first kappa shape index (κ1) is 21.8. The van der Waals surface area contributed by atoms with Crippen molar-refractivity contribution < 1.29 is 14.4 Å². The van der Waals surface area contributed by atoms with Crippen molar-refractivity contribution in [2.45, 2.75) is 27.2 Å². The maximum atomic E-state index is 12.9. The van der Waals surface area contributed by atoms with Crippen molar-refractivity contribution in [2.75, 3.05) is 18.1 Å². The smallest absolute Gasteiger partial charge is 0.281 e. The Labute approximate surface area is 192 Å². The molecule has 7 heteroatoms. The monoisotopic (exact) mass is 449 g/mol. The number of halogens is 1. The van der Waals surface area contributed by atoms with Crippen molar-refractivity contribution >= 4 is 34.7 Å². The second-order valence-corrected chi connectivity index (χ2v) is 8.14. The van der Waals surface area contributed by atoms with Gasteiger partial charge in [0.25, 0.3) is 5.91 Å². The van der Waals surface area contributed by atoms with Crippen LogP contribution in [0.3, 0.4) is 0 Å². The number of para-hydroxylation sites is 1. The number of carbonyl (C=O) groups excluding carboxylic acids is 2. The lowest BCUT2D eigenvalue weighted by Gasteiger charge is -2.14. The number of hydrogen-bond acceptors (Lipinski definition) is 4. The summed E-state index contributed by atoms with van der Waals surface area (Å²) in [5.74, 6) is -0.409. The van der Waals surface area contributed by atoms with E-state index in [1.54, 1.807) is 4.90 Å². The van der Waals surface area contributed by atoms with Crippen LogP contribution in [0.15, 0.2) is 59.8 Å². The Morgan fingerprint density at radius 2 is 1.81 bits per heavy atom. The Bertz CT molecular complexity index is 1210. The summed E-state index contributed by atoms with van der Waals surface area (Å²) in [6.45, 7) is 6.19. The number of amides is 1. The van der Waals surface area contributed by atoms with Crippen molar-refractivity contribution in [1.82, 2.24) is 4.57 Å². The molecule has 0 atom stereocenters. The number of oxime groups is 1. The van der Waals surface area contributed by atoms with Gasteiger partial charge in [0.15, 0.2) is 12.3 Å². The van der Waals surface area contributed by atoms with Crippen LogP contribution in [0.2, 0.25) is 5.02 Å². The third-order valence-corrected chi connectivity index (χ3v) is 5.76. The zero-order valence-corrected chi connectivity index (χ0v) is 19.0. The van der Waals surface area contributed by atoms with Crippen LogP contribution in [0, 0.1) is 13.8 Å². The highest BCUT2D eigenvalue weighted by molar-refractivity contribution is 6.54. The lowest BCUT2D eigenvalue weighted by Crippen LogP contribution is -2.30. The van der Waals surface area contributed by atoms with Gasteiger partial charge in [0.2, 0.25) is 5.78 Å². The zero-order valence-electron chi connectivity index (χ0n) is 18.3. The van der Waals surface area contributed by atoms with Crippen LogP contribution in [0.1, 0.15) is 40.7 Å². The average Bonchev–Trinajstić information content (AvgIpc) is 3.23. The highest BCUT2D eigenvalue weighted by atomic mass is 35.5. The van der Waals surface area contributed by atoms with Crippen molar-refractivity contribution in [3.63, 3.8) is 0 Å². The van der Waals surface area contributed by atoms with Gasteiger partial charge in [-0.1, -0.05) is 41.9 Å². The first-order valence-corrected chi connectivity index (χ1v) is 10.9. The fourth-order valence-corrected chi connectivity index (χ4v) is 4.19. The van der Waals surface area contributed by atoms with Gasteiger partial charge in [-0.25, -0.2) is 0 Å². The molecule has 164 valence electrons. The van der Waals surface area contributed by atoms with Crippen LogP contribution in [0.5, 0.6) is 0 Å². The summed E-state index contributed by atoms with van der Waals surface area (Å²) >= 11 is 5.99. The Morgan fingerprint density at radius 3 is 2.53 bits per heavy atom. The number of aryl methyl sites for hydroxylation is 1. The van der Waals surface area contributed by atoms with Gasteiger partial charge in [-0.3, -0.25) is 9.59 Å². The topological polar surface area (TPSA) is 63.9 Å². The second kappa shape index (κ2) is 9.01. The molecule has 6 nitrogen and oxygen atoms in total. The van der Waals surface area contributed by atoms with Crippen molar-refractivity contribution in [3.05, 3.63) is 82.1 Å². The molecule has 1 amide bonds. The molecular weight excluding hydrogens is 426 g/mol. The fraction of sp³-hybridized carbons (Fsp3) is 0.240. The zero-order chi connectivity index (χ0) is 22.8. The van der Waals surface area contributed by atoms with E-state index in [0.29, 0.717) is 17.1 Å². The van der Waals surface area contributed by atoms with Gasteiger partial charge in [0.05, 0.1) is 5.69 Å². The average molecular weight is 450 g/mol. The van der Waals surface area contributed by atoms with Gasteiger partial charge in [-0.15, -0.1) is 0 Å². The van der Waals surface area contributed by atoms with E-state index in [9.17, 15) is 9.59 Å². The second-order valence-electron chi connectivity index (χ2n) is 7.71. The Hall–Kier alpha value is -3.38. The number of fused-ring (bicyclic) bond motifs is 1. The molecule has 0 spiro atoms. The number of nitrogens with zero attached hydrogens (tertiary/aromatic N) is 3. The normalized spacial score (nSPS) is 14.2. The van der Waals surface area contributed by atoms with Crippen molar-refractivity contribution in [2.24, 2.45) is 5.16 Å². The van der Waals surface area contributed by atoms with Gasteiger partial charge < -0.3 is 14.3 Å². The van der Waals surface area contributed by atoms with E-state index in [1.807, 2.05) is 79.9 Å². The first-order valence-electron chi connectivity index (χ1n) is 10.5. The van der Waals surface area contributed by atoms with E-state index in [0.717, 1.165) is 34.7 Å². The standard InChI is InChI=1S/C25H24ClN3O3/c1-4-13-28-22-8-6-5-7-20(22)24(25(28)31)27-32-15-23(30)21-14-16(2)29(17(21)3)19-11-9-18(26)10-12-19/h5-12,14H,4,13,15H2,1-3H3. The molecular formula is C25H24ClN3O3. The number of carbonyl (C=O) groups is 2. The molecule has 0 N–H and O–H groups in total. The highest BCUT2D eigenvalue weighted by Gasteiger charge is 2.33. The quantitative estimate of drug-likeness (QED) is 0.372. The number of ketones is 1. The third kappa shape index (κ3) is 3.94. The number of benzene rings is 2. The molecule has 0 aliphatic carbocycles. The fourth-order valence-electron chi connectivity index (χ4n) is 4.06. The Morgan fingerprint density at radius 1 is 1.09 bits per heavy atom. The number of hydrogen-bond donors (Lipinski definition) is 0. The molecule has 4 rings (SSSR count). The first-order chi connectivity index (χ1) is 15.4. The van der Waals surface area contributed by atoms with E-state index in [-0.39, 0.29) is 24.0 Å². The van der Waals surface area contributed by atoms with Gasteiger partial charge in [-0.05, 0) is 56.7 Å². The van der Waals surface area contributed by atoms with Crippen molar-refractivity contribution in [1.29, 1.82) is 0 Å². The van der Waals surface area contributed by atoms with E-state index < -0.39 is 0 Å². The summed E-state index contributed by atoms with van der Waals surface area (Å²) in [7, 11) is 0. The van der Waals surface area contributed by atoms with E-state index in [2.05, 4.69) is 5.16 Å². The summed E-state index contributed by atoms with van der Waals surface area (Å²) in [5, 5.41) is 4.71. The largest absolute Gasteiger partial charge is 0.387 e. The molecule has 1 aliphatic heterocycles. The number of aromatic nitrogens is 1. The van der Waals surface area contributed by atoms with Gasteiger partial charge in [0, 0.05) is 39.8 Å². The lowest BCUT2D eigenvalue weighted by atomic mass is 10.1. The van der Waals surface area contributed by atoms with Gasteiger partial charge in [0.1, 0.15) is 0 Å². The summed E-state index contributed by atoms with van der Waals surface area (Å²) < 4.78 is 1.99. The van der Waals surface area contributed by atoms with Crippen LogP contribution < -0.4 is 4.90 Å². The summed E-state index contributed by atoms with van der Waals surface area (Å²) in [4.78, 5) is 32.7. The Balaban J connectivity index is 1.53. The molecule has 0 fully saturated rings. The minimum absolute atomic E-state index is 0.202. The molecule has 0 radical (unpaired) electrons. The summed E-state index contributed by atoms with van der Waals surface area (Å²) in [5.41, 5.74) is 4.99.